The molecule has 3 heterocycles. The minimum absolute atomic E-state index is 0.0840. The molecule has 318 valence electrons. The standard InChI is InChI=1S/C58H48N4O.Pt/c1-38-32-33-59-52(34-38)62-51-36-43(28-29-46(51)47-30-31-48-53(55(47)62)57(4,5)58(6,7)56(48,2)3)63-42-23-16-22-41(35-42)60-37-61(50-27-15-14-26-49(50)60)54-44(39-18-10-8-11-19-39)24-17-25-45(54)40-20-12-9-13-21-40;/h8-34H,1-7H3;/q-2;/i8D,9D,10D,11D,12D,13D,18D,19D,20D,21D;. The van der Waals surface area contributed by atoms with Gasteiger partial charge in [0.05, 0.1) is 0 Å². The first kappa shape index (κ1) is 30.5. The van der Waals surface area contributed by atoms with E-state index in [1.165, 1.54) is 11.1 Å². The van der Waals surface area contributed by atoms with Crippen molar-refractivity contribution in [2.24, 2.45) is 5.41 Å². The minimum atomic E-state index is -0.563. The first-order valence-corrected chi connectivity index (χ1v) is 22.3. The third kappa shape index (κ3) is 5.93. The quantitative estimate of drug-likeness (QED) is 0.149. The second-order valence-electron chi connectivity index (χ2n) is 18.0. The van der Waals surface area contributed by atoms with Gasteiger partial charge in [-0.15, -0.1) is 0 Å². The number of rotatable bonds is 7. The number of ether oxygens (including phenoxy) is 1. The van der Waals surface area contributed by atoms with E-state index in [1.807, 2.05) is 69.9 Å². The van der Waals surface area contributed by atoms with Crippen molar-refractivity contribution >= 4 is 32.8 Å². The van der Waals surface area contributed by atoms with Crippen molar-refractivity contribution in [2.45, 2.75) is 59.3 Å². The van der Waals surface area contributed by atoms with Crippen molar-refractivity contribution in [1.29, 1.82) is 0 Å². The van der Waals surface area contributed by atoms with Crippen LogP contribution in [0.5, 0.6) is 11.5 Å². The van der Waals surface area contributed by atoms with Gasteiger partial charge in [0.2, 0.25) is 0 Å². The molecule has 0 aliphatic heterocycles. The van der Waals surface area contributed by atoms with Crippen LogP contribution in [0.15, 0.2) is 164 Å². The summed E-state index contributed by atoms with van der Waals surface area (Å²) in [5.74, 6) is 1.63. The van der Waals surface area contributed by atoms with Gasteiger partial charge in [0.1, 0.15) is 0 Å². The van der Waals surface area contributed by atoms with Crippen molar-refractivity contribution in [1.82, 2.24) is 18.7 Å². The molecule has 0 spiro atoms. The Morgan fingerprint density at radius 3 is 1.92 bits per heavy atom. The molecule has 0 saturated heterocycles. The van der Waals surface area contributed by atoms with Gasteiger partial charge in [-0.2, -0.15) is 0 Å². The van der Waals surface area contributed by atoms with Crippen LogP contribution in [0.4, 0.5) is 0 Å². The molecule has 7 aromatic carbocycles. The van der Waals surface area contributed by atoms with E-state index in [9.17, 15) is 0 Å². The number of hydrogen-bond acceptors (Lipinski definition) is 2. The zero-order valence-electron chi connectivity index (χ0n) is 46.3. The van der Waals surface area contributed by atoms with Crippen LogP contribution in [0.2, 0.25) is 0 Å². The number of para-hydroxylation sites is 3. The van der Waals surface area contributed by atoms with Gasteiger partial charge in [-0.1, -0.05) is 47.6 Å². The van der Waals surface area contributed by atoms with Gasteiger partial charge in [0, 0.05) is 6.20 Å². The molecule has 0 atom stereocenters. The molecule has 11 rings (SSSR count). The molecular weight excluding hydrogens is 964 g/mol. The molecule has 10 aromatic rings. The predicted molar refractivity (Wildman–Crippen MR) is 258 cm³/mol. The van der Waals surface area contributed by atoms with Gasteiger partial charge in [-0.25, -0.2) is 0 Å². The van der Waals surface area contributed by atoms with E-state index in [1.54, 1.807) is 18.2 Å². The first-order chi connectivity index (χ1) is 35.0. The zero-order valence-corrected chi connectivity index (χ0v) is 38.6. The fourth-order valence-corrected chi connectivity index (χ4v) is 10.9. The van der Waals surface area contributed by atoms with Crippen LogP contribution >= 0.6 is 0 Å². The van der Waals surface area contributed by atoms with E-state index in [0.717, 1.165) is 33.2 Å². The third-order valence-electron chi connectivity index (χ3n) is 14.1. The van der Waals surface area contributed by atoms with Crippen LogP contribution in [0, 0.1) is 28.3 Å². The van der Waals surface area contributed by atoms with Crippen LogP contribution < -0.4 is 4.74 Å². The maximum absolute atomic E-state index is 9.10. The molecule has 0 radical (unpaired) electrons. The fraction of sp³-hybridized carbons (Fsp3) is 0.172. The molecule has 0 N–H and O–H groups in total. The molecule has 0 amide bonds. The molecule has 0 fully saturated rings. The molecule has 3 aromatic heterocycles. The zero-order chi connectivity index (χ0) is 52.8. The number of imidazole rings is 1. The molecule has 0 unspecified atom stereocenters. The van der Waals surface area contributed by atoms with E-state index in [4.69, 9.17) is 23.4 Å². The summed E-state index contributed by atoms with van der Waals surface area (Å²) < 4.78 is 101. The molecule has 0 saturated carbocycles. The van der Waals surface area contributed by atoms with Crippen molar-refractivity contribution < 1.29 is 37.8 Å². The van der Waals surface area contributed by atoms with Gasteiger partial charge >= 0.3 is 307 Å². The summed E-state index contributed by atoms with van der Waals surface area (Å²) in [6, 6.07) is 32.5. The maximum atomic E-state index is 9.10. The van der Waals surface area contributed by atoms with Gasteiger partial charge in [0.15, 0.2) is 0 Å². The second kappa shape index (κ2) is 14.8. The molecule has 64 heavy (non-hydrogen) atoms. The SMILES string of the molecule is [2H]c1c([2H])c([2H])c(-c2cccc(-c3c([2H])c([2H])c([2H])c([2H])c3[2H])c2-n2[c](=[Pt])n(-c3[c-]c(Oc4[c-]c5c(cc4)c4ccc6c(c4n5-c4cc(C)ccn4)C(C)(C)C(C)(C)C6(C)C)ccc3)c3ccccc32)c([2H])c1[2H]. The van der Waals surface area contributed by atoms with Crippen molar-refractivity contribution in [2.75, 3.05) is 0 Å². The van der Waals surface area contributed by atoms with Crippen molar-refractivity contribution in [3.8, 4) is 50.9 Å². The summed E-state index contributed by atoms with van der Waals surface area (Å²) >= 11 is 2.16. The predicted octanol–water partition coefficient (Wildman–Crippen LogP) is 14.6. The summed E-state index contributed by atoms with van der Waals surface area (Å²) in [7, 11) is 0. The van der Waals surface area contributed by atoms with E-state index in [-0.39, 0.29) is 44.2 Å². The number of aryl methyl sites for hydroxylation is 1. The number of fused-ring (bicyclic) bond motifs is 6. The van der Waals surface area contributed by atoms with Gasteiger partial charge in [-0.05, 0) is 40.4 Å². The molecule has 1 aliphatic rings. The molecule has 0 bridgehead atoms. The Morgan fingerprint density at radius 2 is 1.25 bits per heavy atom. The summed E-state index contributed by atoms with van der Waals surface area (Å²) in [4.78, 5) is 4.93. The van der Waals surface area contributed by atoms with E-state index < -0.39 is 60.4 Å². The molecule has 5 nitrogen and oxygen atoms in total. The topological polar surface area (TPSA) is 36.9 Å². The Bertz CT molecular complexity index is 4010. The van der Waals surface area contributed by atoms with Crippen LogP contribution in [-0.4, -0.2) is 18.7 Å². The average molecular weight is 1020 g/mol. The Labute approximate surface area is 399 Å². The van der Waals surface area contributed by atoms with Crippen LogP contribution in [-0.2, 0) is 30.2 Å². The van der Waals surface area contributed by atoms with E-state index in [0.29, 0.717) is 32.0 Å². The number of aromatic nitrogens is 4. The fourth-order valence-electron chi connectivity index (χ4n) is 9.78. The van der Waals surface area contributed by atoms with E-state index >= 15 is 0 Å². The molecule has 1 aliphatic carbocycles. The summed E-state index contributed by atoms with van der Waals surface area (Å²) in [5, 5.41) is 2.12. The van der Waals surface area contributed by atoms with Crippen LogP contribution in [0.3, 0.4) is 0 Å². The third-order valence-corrected chi connectivity index (χ3v) is 15.1. The van der Waals surface area contributed by atoms with Gasteiger partial charge < -0.3 is 0 Å². The normalized spacial score (nSPS) is 17.1. The van der Waals surface area contributed by atoms with Gasteiger partial charge in [-0.3, -0.25) is 0 Å². The molecule has 6 heteroatoms. The van der Waals surface area contributed by atoms with Crippen LogP contribution in [0.25, 0.3) is 72.3 Å². The summed E-state index contributed by atoms with van der Waals surface area (Å²) in [6.07, 6.45) is 1.84. The summed E-state index contributed by atoms with van der Waals surface area (Å²) in [6.45, 7) is 16.2. The van der Waals surface area contributed by atoms with Crippen molar-refractivity contribution in [3.63, 3.8) is 0 Å². The Kier molecular flexibility index (Phi) is 7.04. The average Bonchev–Trinajstić information content (AvgIpc) is 3.94. The monoisotopic (exact) mass is 1020 g/mol. The van der Waals surface area contributed by atoms with E-state index in [2.05, 4.69) is 109 Å². The number of nitrogens with zero attached hydrogens (tertiary/aromatic N) is 4. The Morgan fingerprint density at radius 1 is 0.625 bits per heavy atom. The molecular formula is C58H48N4OPt-2. The number of hydrogen-bond donors (Lipinski definition) is 0. The van der Waals surface area contributed by atoms with Crippen LogP contribution in [0.1, 0.15) is 71.9 Å². The number of pyridine rings is 1. The first-order valence-electron chi connectivity index (χ1n) is 26.1. The Balaban J connectivity index is 1.11. The summed E-state index contributed by atoms with van der Waals surface area (Å²) in [5.41, 5.74) is 7.41. The number of benzene rings is 7. The second-order valence-corrected chi connectivity index (χ2v) is 19.0. The van der Waals surface area contributed by atoms with Gasteiger partial charge in [0.25, 0.3) is 0 Å². The van der Waals surface area contributed by atoms with Crippen molar-refractivity contribution in [3.05, 3.63) is 196 Å². The Hall–Kier alpha value is -6.55.